The second-order valence-corrected chi connectivity index (χ2v) is 9.31. The van der Waals surface area contributed by atoms with Gasteiger partial charge in [-0.15, -0.1) is 0 Å². The minimum atomic E-state index is -2.70. The molecule has 0 aliphatic heterocycles. The molecular formula is C24H26N2O9. The Morgan fingerprint density at radius 1 is 1.20 bits per heavy atom. The monoisotopic (exact) mass is 486 g/mol. The van der Waals surface area contributed by atoms with Gasteiger partial charge in [-0.25, -0.2) is 0 Å². The summed E-state index contributed by atoms with van der Waals surface area (Å²) >= 11 is 0. The van der Waals surface area contributed by atoms with Crippen molar-refractivity contribution in [3.8, 4) is 5.75 Å². The highest BCUT2D eigenvalue weighted by Crippen LogP contribution is 2.52. The maximum absolute atomic E-state index is 13.5. The second kappa shape index (κ2) is 8.29. The number of phenols is 1. The van der Waals surface area contributed by atoms with Gasteiger partial charge in [0.2, 0.25) is 5.78 Å². The van der Waals surface area contributed by atoms with Crippen molar-refractivity contribution in [2.24, 2.45) is 17.6 Å². The van der Waals surface area contributed by atoms with Crippen molar-refractivity contribution in [2.75, 3.05) is 27.8 Å². The number of phenolic OH excluding ortho intramolecular Hbond substituents is 1. The van der Waals surface area contributed by atoms with E-state index >= 15 is 0 Å². The molecule has 11 nitrogen and oxygen atoms in total. The molecule has 3 aliphatic carbocycles. The minimum absolute atomic E-state index is 0.0354. The molecule has 35 heavy (non-hydrogen) atoms. The summed E-state index contributed by atoms with van der Waals surface area (Å²) in [5, 5.41) is 44.0. The Labute approximate surface area is 200 Å². The van der Waals surface area contributed by atoms with Crippen LogP contribution in [0.3, 0.4) is 0 Å². The van der Waals surface area contributed by atoms with Crippen LogP contribution in [0.25, 0.3) is 0 Å². The molecule has 0 saturated carbocycles. The SMILES string of the molecule is COCC(=O)c1ccc(O)c2c1C[C@H]1C[C@H]3[C@H](N(C)C)C(O)=C(C(N)=O)C(=O)[C@@]3(O)C(O)=C1C2=O. The Morgan fingerprint density at radius 2 is 1.86 bits per heavy atom. The predicted octanol–water partition coefficient (Wildman–Crippen LogP) is -0.0503. The Balaban J connectivity index is 1.95. The van der Waals surface area contributed by atoms with E-state index in [1.807, 2.05) is 0 Å². The molecule has 11 heteroatoms. The van der Waals surface area contributed by atoms with Gasteiger partial charge in [-0.3, -0.25) is 24.1 Å². The molecule has 0 fully saturated rings. The summed E-state index contributed by atoms with van der Waals surface area (Å²) in [4.78, 5) is 52.8. The highest BCUT2D eigenvalue weighted by Gasteiger charge is 2.63. The number of aliphatic hydroxyl groups is 3. The number of rotatable bonds is 5. The van der Waals surface area contributed by atoms with E-state index in [0.717, 1.165) is 0 Å². The number of nitrogens with zero attached hydrogens (tertiary/aromatic N) is 1. The maximum Gasteiger partial charge on any atom is 0.255 e. The quantitative estimate of drug-likeness (QED) is 0.279. The van der Waals surface area contributed by atoms with E-state index < -0.39 is 69.6 Å². The lowest BCUT2D eigenvalue weighted by Gasteiger charge is -2.50. The number of likely N-dealkylation sites (N-methyl/N-ethyl adjacent to an activating group) is 1. The molecular weight excluding hydrogens is 460 g/mol. The number of ether oxygens (including phenoxy) is 1. The van der Waals surface area contributed by atoms with Gasteiger partial charge in [0.25, 0.3) is 5.91 Å². The van der Waals surface area contributed by atoms with Crippen molar-refractivity contribution in [3.63, 3.8) is 0 Å². The zero-order chi connectivity index (χ0) is 26.0. The zero-order valence-corrected chi connectivity index (χ0v) is 19.4. The molecule has 0 saturated heterocycles. The van der Waals surface area contributed by atoms with Crippen molar-refractivity contribution < 1.29 is 44.3 Å². The fraction of sp³-hybridized carbons (Fsp3) is 0.417. The normalized spacial score (nSPS) is 28.1. The second-order valence-electron chi connectivity index (χ2n) is 9.31. The number of nitrogens with two attached hydrogens (primary N) is 1. The lowest BCUT2D eigenvalue weighted by atomic mass is 9.58. The summed E-state index contributed by atoms with van der Waals surface area (Å²) < 4.78 is 4.91. The number of primary amides is 1. The lowest BCUT2D eigenvalue weighted by Crippen LogP contribution is -2.63. The Hall–Kier alpha value is -3.54. The van der Waals surface area contributed by atoms with Gasteiger partial charge < -0.3 is 30.9 Å². The molecule has 1 amide bonds. The summed E-state index contributed by atoms with van der Waals surface area (Å²) in [6.07, 6.45) is -0.0208. The Morgan fingerprint density at radius 3 is 2.43 bits per heavy atom. The molecule has 3 aliphatic rings. The third-order valence-corrected chi connectivity index (χ3v) is 7.18. The van der Waals surface area contributed by atoms with Gasteiger partial charge in [-0.2, -0.15) is 0 Å². The molecule has 4 rings (SSSR count). The minimum Gasteiger partial charge on any atom is -0.510 e. The Kier molecular flexibility index (Phi) is 5.82. The summed E-state index contributed by atoms with van der Waals surface area (Å²) in [5.41, 5.74) is 1.68. The molecule has 0 aromatic heterocycles. The Bertz CT molecular complexity index is 1250. The van der Waals surface area contributed by atoms with Crippen LogP contribution >= 0.6 is 0 Å². The smallest absolute Gasteiger partial charge is 0.255 e. The highest BCUT2D eigenvalue weighted by atomic mass is 16.5. The van der Waals surface area contributed by atoms with Crippen LogP contribution in [0.5, 0.6) is 5.75 Å². The van der Waals surface area contributed by atoms with Gasteiger partial charge >= 0.3 is 0 Å². The largest absolute Gasteiger partial charge is 0.510 e. The molecule has 0 unspecified atom stereocenters. The molecule has 6 N–H and O–H groups in total. The number of aromatic hydroxyl groups is 1. The van der Waals surface area contributed by atoms with Crippen LogP contribution in [0.1, 0.15) is 32.7 Å². The molecule has 186 valence electrons. The van der Waals surface area contributed by atoms with Gasteiger partial charge in [-0.05, 0) is 50.6 Å². The van der Waals surface area contributed by atoms with E-state index in [9.17, 15) is 39.6 Å². The average molecular weight is 486 g/mol. The first-order chi connectivity index (χ1) is 16.4. The van der Waals surface area contributed by atoms with Gasteiger partial charge in [0, 0.05) is 24.2 Å². The van der Waals surface area contributed by atoms with Crippen LogP contribution in [0.4, 0.5) is 0 Å². The molecule has 0 spiro atoms. The number of benzene rings is 1. The van der Waals surface area contributed by atoms with Gasteiger partial charge in [-0.1, -0.05) is 0 Å². The number of allylic oxidation sites excluding steroid dienone is 1. The van der Waals surface area contributed by atoms with Crippen LogP contribution in [0, 0.1) is 11.8 Å². The van der Waals surface area contributed by atoms with Crippen molar-refractivity contribution >= 4 is 23.3 Å². The van der Waals surface area contributed by atoms with E-state index in [-0.39, 0.29) is 41.7 Å². The van der Waals surface area contributed by atoms with E-state index in [1.165, 1.54) is 24.1 Å². The number of ketones is 3. The number of Topliss-reactive ketones (excluding diaryl/α,β-unsaturated/α-hetero) is 3. The number of carbonyl (C=O) groups excluding carboxylic acids is 4. The first kappa shape index (κ1) is 24.6. The number of amides is 1. The molecule has 1 aromatic carbocycles. The molecule has 0 bridgehead atoms. The maximum atomic E-state index is 13.5. The van der Waals surface area contributed by atoms with E-state index in [4.69, 9.17) is 10.5 Å². The lowest BCUT2D eigenvalue weighted by molar-refractivity contribution is -0.148. The van der Waals surface area contributed by atoms with Gasteiger partial charge in [0.1, 0.15) is 29.4 Å². The number of carbonyl (C=O) groups is 4. The highest BCUT2D eigenvalue weighted by molar-refractivity contribution is 6.25. The first-order valence-electron chi connectivity index (χ1n) is 10.9. The molecule has 0 heterocycles. The number of fused-ring (bicyclic) bond motifs is 3. The third kappa shape index (κ3) is 3.30. The van der Waals surface area contributed by atoms with Gasteiger partial charge in [0.15, 0.2) is 17.2 Å². The fourth-order valence-corrected chi connectivity index (χ4v) is 5.72. The number of methoxy groups -OCH3 is 1. The first-order valence-corrected chi connectivity index (χ1v) is 10.9. The van der Waals surface area contributed by atoms with Crippen molar-refractivity contribution in [1.29, 1.82) is 0 Å². The van der Waals surface area contributed by atoms with Crippen LogP contribution in [-0.2, 0) is 20.7 Å². The standard InChI is InChI=1S/C24H26N2O9/c1-26(2)18-12-7-9-6-11-10(14(28)8-35-3)4-5-13(27)16(11)19(29)15(9)21(31)24(12,34)22(32)17(20(18)30)23(25)33/h4-5,9,12,18,27,30-31,34H,6-8H2,1-3H3,(H2,25,33)/t9-,12-,18-,24-/m0/s1. The summed E-state index contributed by atoms with van der Waals surface area (Å²) in [6.45, 7) is -0.252. The summed E-state index contributed by atoms with van der Waals surface area (Å²) in [6, 6.07) is 1.48. The van der Waals surface area contributed by atoms with E-state index in [2.05, 4.69) is 0 Å². The molecule has 1 aromatic rings. The topological polar surface area (TPSA) is 188 Å². The number of hydrogen-bond donors (Lipinski definition) is 5. The summed E-state index contributed by atoms with van der Waals surface area (Å²) in [7, 11) is 4.44. The van der Waals surface area contributed by atoms with Gasteiger partial charge in [0.05, 0.1) is 11.6 Å². The molecule has 4 atom stereocenters. The van der Waals surface area contributed by atoms with Crippen molar-refractivity contribution in [2.45, 2.75) is 24.5 Å². The predicted molar refractivity (Wildman–Crippen MR) is 120 cm³/mol. The number of hydrogen-bond acceptors (Lipinski definition) is 10. The number of aliphatic hydroxyl groups excluding tert-OH is 2. The van der Waals surface area contributed by atoms with Crippen molar-refractivity contribution in [1.82, 2.24) is 4.90 Å². The average Bonchev–Trinajstić information content (AvgIpc) is 2.76. The molecule has 0 radical (unpaired) electrons. The van der Waals surface area contributed by atoms with Crippen LogP contribution in [0.15, 0.2) is 34.8 Å². The van der Waals surface area contributed by atoms with Crippen LogP contribution in [0.2, 0.25) is 0 Å². The fourth-order valence-electron chi connectivity index (χ4n) is 5.72. The zero-order valence-electron chi connectivity index (χ0n) is 19.4. The van der Waals surface area contributed by atoms with E-state index in [1.54, 1.807) is 14.1 Å². The van der Waals surface area contributed by atoms with Crippen molar-refractivity contribution in [3.05, 3.63) is 51.5 Å². The van der Waals surface area contributed by atoms with Crippen LogP contribution < -0.4 is 5.73 Å². The van der Waals surface area contributed by atoms with Crippen LogP contribution in [-0.4, -0.2) is 88.0 Å². The summed E-state index contributed by atoms with van der Waals surface area (Å²) in [5.74, 6) is -7.76. The van der Waals surface area contributed by atoms with E-state index in [0.29, 0.717) is 0 Å². The third-order valence-electron chi connectivity index (χ3n) is 7.18.